The summed E-state index contributed by atoms with van der Waals surface area (Å²) in [6.45, 7) is -0.268. The molecule has 1 heterocycles. The van der Waals surface area contributed by atoms with Gasteiger partial charge in [0.1, 0.15) is 17.7 Å². The first kappa shape index (κ1) is 18.5. The molecule has 7 nitrogen and oxygen atoms in total. The Morgan fingerprint density at radius 3 is 2.44 bits per heavy atom. The average molecular weight is 351 g/mol. The van der Waals surface area contributed by atoms with Crippen LogP contribution in [-0.4, -0.2) is 47.1 Å². The molecule has 2 N–H and O–H groups in total. The summed E-state index contributed by atoms with van der Waals surface area (Å²) in [5.74, 6) is -2.50. The number of aromatic nitrogens is 2. The fraction of sp³-hybridized carbons (Fsp3) is 0.312. The Morgan fingerprint density at radius 1 is 1.28 bits per heavy atom. The summed E-state index contributed by atoms with van der Waals surface area (Å²) >= 11 is 0. The monoisotopic (exact) mass is 351 g/mol. The van der Waals surface area contributed by atoms with Crippen LogP contribution in [0, 0.1) is 11.6 Å². The maximum atomic E-state index is 13.1. The molecule has 1 aromatic heterocycles. The molecule has 0 saturated carbocycles. The Labute approximate surface area is 143 Å². The predicted octanol–water partition coefficient (Wildman–Crippen LogP) is 1.06. The number of aryl methyl sites for hydroxylation is 1. The molecule has 0 radical (unpaired) electrons. The number of halogens is 2. The van der Waals surface area contributed by atoms with Crippen LogP contribution in [0.1, 0.15) is 11.6 Å². The molecular formula is C16H19F2N5O2. The van der Waals surface area contributed by atoms with Gasteiger partial charge in [0.25, 0.3) is 0 Å². The molecule has 1 atom stereocenters. The highest BCUT2D eigenvalue weighted by Gasteiger charge is 2.24. The van der Waals surface area contributed by atoms with E-state index in [1.165, 1.54) is 11.9 Å². The number of nitrogens with zero attached hydrogens (tertiary/aromatic N) is 3. The number of likely N-dealkylation sites (N-methyl/N-ethyl adjacent to an activating group) is 2. The van der Waals surface area contributed by atoms with Gasteiger partial charge in [0.15, 0.2) is 0 Å². The van der Waals surface area contributed by atoms with Gasteiger partial charge in [-0.3, -0.25) is 14.3 Å². The molecule has 1 aromatic carbocycles. The minimum Gasteiger partial charge on any atom is -0.335 e. The van der Waals surface area contributed by atoms with Crippen molar-refractivity contribution >= 4 is 17.5 Å². The van der Waals surface area contributed by atoms with Gasteiger partial charge in [-0.2, -0.15) is 5.10 Å². The number of hydrogen-bond donors (Lipinski definition) is 2. The van der Waals surface area contributed by atoms with E-state index in [1.54, 1.807) is 31.2 Å². The van der Waals surface area contributed by atoms with Gasteiger partial charge < -0.3 is 15.5 Å². The topological polar surface area (TPSA) is 79.3 Å². The number of amides is 2. The van der Waals surface area contributed by atoms with E-state index in [4.69, 9.17) is 0 Å². The lowest BCUT2D eigenvalue weighted by Gasteiger charge is -2.22. The predicted molar refractivity (Wildman–Crippen MR) is 87.6 cm³/mol. The standard InChI is InChI=1S/C16H19F2N5O2/c1-19-15(10-7-20-23(3)8-10)16(25)22(2)9-14(24)21-13-5-11(17)4-12(18)6-13/h4-8,15,19H,9H2,1-3H3,(H,21,24). The number of benzene rings is 1. The number of carbonyl (C=O) groups is 2. The third kappa shape index (κ3) is 4.83. The highest BCUT2D eigenvalue weighted by molar-refractivity contribution is 5.95. The number of carbonyl (C=O) groups excluding carboxylic acids is 2. The third-order valence-electron chi connectivity index (χ3n) is 3.50. The smallest absolute Gasteiger partial charge is 0.244 e. The van der Waals surface area contributed by atoms with E-state index < -0.39 is 23.6 Å². The van der Waals surface area contributed by atoms with E-state index in [0.717, 1.165) is 12.1 Å². The van der Waals surface area contributed by atoms with Crippen molar-refractivity contribution in [2.75, 3.05) is 26.0 Å². The van der Waals surface area contributed by atoms with Crippen LogP contribution in [0.15, 0.2) is 30.6 Å². The van der Waals surface area contributed by atoms with Crippen LogP contribution in [0.4, 0.5) is 14.5 Å². The summed E-state index contributed by atoms with van der Waals surface area (Å²) < 4.78 is 27.8. The van der Waals surface area contributed by atoms with Gasteiger partial charge in [-0.05, 0) is 19.2 Å². The second kappa shape index (κ2) is 7.84. The number of hydrogen-bond acceptors (Lipinski definition) is 4. The van der Waals surface area contributed by atoms with Crippen molar-refractivity contribution in [3.8, 4) is 0 Å². The van der Waals surface area contributed by atoms with Crippen molar-refractivity contribution in [1.82, 2.24) is 20.0 Å². The first-order valence-corrected chi connectivity index (χ1v) is 7.47. The maximum Gasteiger partial charge on any atom is 0.244 e. The molecule has 25 heavy (non-hydrogen) atoms. The van der Waals surface area contributed by atoms with Gasteiger partial charge in [-0.15, -0.1) is 0 Å². The summed E-state index contributed by atoms with van der Waals surface area (Å²) in [6, 6.07) is 2.04. The summed E-state index contributed by atoms with van der Waals surface area (Å²) in [6.07, 6.45) is 3.25. The first-order valence-electron chi connectivity index (χ1n) is 7.47. The molecule has 0 aliphatic rings. The van der Waals surface area contributed by atoms with Crippen LogP contribution in [0.2, 0.25) is 0 Å². The van der Waals surface area contributed by atoms with Gasteiger partial charge in [0, 0.05) is 37.6 Å². The maximum absolute atomic E-state index is 13.1. The zero-order chi connectivity index (χ0) is 18.6. The van der Waals surface area contributed by atoms with Gasteiger partial charge in [-0.1, -0.05) is 0 Å². The highest BCUT2D eigenvalue weighted by Crippen LogP contribution is 2.15. The largest absolute Gasteiger partial charge is 0.335 e. The van der Waals surface area contributed by atoms with Crippen molar-refractivity contribution in [1.29, 1.82) is 0 Å². The summed E-state index contributed by atoms with van der Waals surface area (Å²) in [5.41, 5.74) is 0.648. The van der Waals surface area contributed by atoms with Crippen LogP contribution in [0.25, 0.3) is 0 Å². The molecule has 0 saturated heterocycles. The molecule has 0 spiro atoms. The van der Waals surface area contributed by atoms with Gasteiger partial charge >= 0.3 is 0 Å². The van der Waals surface area contributed by atoms with Crippen molar-refractivity contribution in [2.24, 2.45) is 7.05 Å². The molecule has 9 heteroatoms. The van der Waals surface area contributed by atoms with Crippen molar-refractivity contribution < 1.29 is 18.4 Å². The molecule has 0 bridgehead atoms. The van der Waals surface area contributed by atoms with E-state index in [0.29, 0.717) is 11.6 Å². The Bertz CT molecular complexity index is 757. The molecular weight excluding hydrogens is 332 g/mol. The summed E-state index contributed by atoms with van der Waals surface area (Å²) in [4.78, 5) is 25.7. The van der Waals surface area contributed by atoms with E-state index in [9.17, 15) is 18.4 Å². The van der Waals surface area contributed by atoms with E-state index in [2.05, 4.69) is 15.7 Å². The highest BCUT2D eigenvalue weighted by atomic mass is 19.1. The molecule has 1 unspecified atom stereocenters. The normalized spacial score (nSPS) is 11.9. The molecule has 2 rings (SSSR count). The Morgan fingerprint density at radius 2 is 1.92 bits per heavy atom. The van der Waals surface area contributed by atoms with Crippen LogP contribution in [0.3, 0.4) is 0 Å². The lowest BCUT2D eigenvalue weighted by atomic mass is 10.1. The Hall–Kier alpha value is -2.81. The van der Waals surface area contributed by atoms with Crippen LogP contribution < -0.4 is 10.6 Å². The fourth-order valence-electron chi connectivity index (χ4n) is 2.36. The minimum absolute atomic E-state index is 0.0132. The lowest BCUT2D eigenvalue weighted by Crippen LogP contribution is -2.41. The summed E-state index contributed by atoms with van der Waals surface area (Å²) in [7, 11) is 4.82. The SMILES string of the molecule is CNC(C(=O)N(C)CC(=O)Nc1cc(F)cc(F)c1)c1cnn(C)c1. The average Bonchev–Trinajstić information content (AvgIpc) is 2.92. The summed E-state index contributed by atoms with van der Waals surface area (Å²) in [5, 5.41) is 9.25. The number of anilines is 1. The van der Waals surface area contributed by atoms with Crippen molar-refractivity contribution in [3.05, 3.63) is 47.8 Å². The quantitative estimate of drug-likeness (QED) is 0.816. The fourth-order valence-corrected chi connectivity index (χ4v) is 2.36. The first-order chi connectivity index (χ1) is 11.8. The number of nitrogens with one attached hydrogen (secondary N) is 2. The zero-order valence-electron chi connectivity index (χ0n) is 14.1. The third-order valence-corrected chi connectivity index (χ3v) is 3.50. The van der Waals surface area contributed by atoms with E-state index >= 15 is 0 Å². The van der Waals surface area contributed by atoms with Gasteiger partial charge in [0.2, 0.25) is 11.8 Å². The Kier molecular flexibility index (Phi) is 5.81. The minimum atomic E-state index is -0.799. The second-order valence-corrected chi connectivity index (χ2v) is 5.57. The zero-order valence-corrected chi connectivity index (χ0v) is 14.1. The number of rotatable bonds is 6. The van der Waals surface area contributed by atoms with Crippen molar-refractivity contribution in [2.45, 2.75) is 6.04 Å². The molecule has 2 amide bonds. The molecule has 0 aliphatic heterocycles. The van der Waals surface area contributed by atoms with E-state index in [1.807, 2.05) is 0 Å². The molecule has 2 aromatic rings. The van der Waals surface area contributed by atoms with Crippen LogP contribution in [0.5, 0.6) is 0 Å². The second-order valence-electron chi connectivity index (χ2n) is 5.57. The molecule has 0 fully saturated rings. The molecule has 134 valence electrons. The molecule has 0 aliphatic carbocycles. The van der Waals surface area contributed by atoms with Crippen LogP contribution in [-0.2, 0) is 16.6 Å². The van der Waals surface area contributed by atoms with Gasteiger partial charge in [0.05, 0.1) is 12.7 Å². The Balaban J connectivity index is 2.00. The lowest BCUT2D eigenvalue weighted by molar-refractivity contribution is -0.135. The van der Waals surface area contributed by atoms with Crippen molar-refractivity contribution in [3.63, 3.8) is 0 Å². The van der Waals surface area contributed by atoms with Crippen LogP contribution >= 0.6 is 0 Å². The van der Waals surface area contributed by atoms with E-state index in [-0.39, 0.29) is 18.1 Å². The van der Waals surface area contributed by atoms with Gasteiger partial charge in [-0.25, -0.2) is 8.78 Å².